The number of methoxy groups -OCH3 is 1. The van der Waals surface area contributed by atoms with Crippen molar-refractivity contribution in [2.45, 2.75) is 36.8 Å². The van der Waals surface area contributed by atoms with Crippen LogP contribution in [0.15, 0.2) is 48.7 Å². The quantitative estimate of drug-likeness (QED) is 0.883. The van der Waals surface area contributed by atoms with Crippen LogP contribution in [0.3, 0.4) is 0 Å². The second-order valence-corrected chi connectivity index (χ2v) is 8.15. The number of carbonyl (C=O) groups is 1. The maximum Gasteiger partial charge on any atom is 0.322 e. The van der Waals surface area contributed by atoms with Crippen molar-refractivity contribution in [3.05, 3.63) is 54.2 Å². The van der Waals surface area contributed by atoms with Gasteiger partial charge in [-0.25, -0.2) is 9.78 Å². The van der Waals surface area contributed by atoms with E-state index in [-0.39, 0.29) is 17.1 Å². The molecule has 0 atom stereocenters. The molecule has 28 heavy (non-hydrogen) atoms. The standard InChI is InChI=1S/C22H28N4O2/c1-25(2)22(17-7-5-4-6-8-17)13-11-21(12-14-22)16-26(20(27)24-21)18-9-10-19(28-3)23-15-18/h4-10,15H,11-14,16H2,1-3H3,(H,24,27)/t21-,22-. The Hall–Kier alpha value is -2.60. The number of urea groups is 1. The van der Waals surface area contributed by atoms with E-state index >= 15 is 0 Å². The Morgan fingerprint density at radius 1 is 1.07 bits per heavy atom. The number of nitrogens with one attached hydrogen (secondary N) is 1. The van der Waals surface area contributed by atoms with Gasteiger partial charge in [0.15, 0.2) is 0 Å². The first-order valence-corrected chi connectivity index (χ1v) is 9.81. The summed E-state index contributed by atoms with van der Waals surface area (Å²) in [6, 6.07) is 14.4. The SMILES string of the molecule is COc1ccc(N2C[C@]3(CC[C@@](c4ccccc4)(N(C)C)CC3)NC2=O)cn1. The molecule has 6 nitrogen and oxygen atoms in total. The Balaban J connectivity index is 1.53. The molecule has 2 aliphatic rings. The average Bonchev–Trinajstić information content (AvgIpc) is 3.05. The highest BCUT2D eigenvalue weighted by Crippen LogP contribution is 2.46. The molecule has 1 aliphatic carbocycles. The predicted molar refractivity (Wildman–Crippen MR) is 110 cm³/mol. The number of nitrogens with zero attached hydrogens (tertiary/aromatic N) is 3. The van der Waals surface area contributed by atoms with Gasteiger partial charge in [0.2, 0.25) is 5.88 Å². The number of amides is 2. The van der Waals surface area contributed by atoms with Crippen LogP contribution < -0.4 is 15.0 Å². The average molecular weight is 380 g/mol. The van der Waals surface area contributed by atoms with Crippen molar-refractivity contribution >= 4 is 11.7 Å². The monoisotopic (exact) mass is 380 g/mol. The molecule has 148 valence electrons. The molecular weight excluding hydrogens is 352 g/mol. The van der Waals surface area contributed by atoms with Crippen LogP contribution in [-0.4, -0.2) is 49.2 Å². The van der Waals surface area contributed by atoms with E-state index in [1.54, 1.807) is 24.3 Å². The minimum Gasteiger partial charge on any atom is -0.481 e. The molecule has 1 N–H and O–H groups in total. The Labute approximate surface area is 166 Å². The first-order valence-electron chi connectivity index (χ1n) is 9.81. The molecule has 1 aromatic heterocycles. The first kappa shape index (κ1) is 18.7. The molecule has 1 spiro atoms. The Kier molecular flexibility index (Phi) is 4.75. The van der Waals surface area contributed by atoms with Crippen molar-refractivity contribution in [2.24, 2.45) is 0 Å². The van der Waals surface area contributed by atoms with Gasteiger partial charge in [-0.3, -0.25) is 9.80 Å². The van der Waals surface area contributed by atoms with Crippen LogP contribution in [-0.2, 0) is 5.54 Å². The molecule has 2 fully saturated rings. The highest BCUT2D eigenvalue weighted by molar-refractivity contribution is 5.95. The summed E-state index contributed by atoms with van der Waals surface area (Å²) in [5, 5.41) is 3.28. The largest absolute Gasteiger partial charge is 0.481 e. The third-order valence-corrected chi connectivity index (χ3v) is 6.52. The van der Waals surface area contributed by atoms with Crippen LogP contribution in [0.4, 0.5) is 10.5 Å². The fourth-order valence-electron chi connectivity index (χ4n) is 4.74. The van der Waals surface area contributed by atoms with Gasteiger partial charge in [0, 0.05) is 11.6 Å². The molecule has 4 rings (SSSR count). The molecular formula is C22H28N4O2. The number of rotatable bonds is 4. The van der Waals surface area contributed by atoms with Gasteiger partial charge in [-0.2, -0.15) is 0 Å². The van der Waals surface area contributed by atoms with Crippen LogP contribution in [0.2, 0.25) is 0 Å². The van der Waals surface area contributed by atoms with E-state index in [2.05, 4.69) is 59.6 Å². The number of ether oxygens (including phenoxy) is 1. The van der Waals surface area contributed by atoms with Gasteiger partial charge < -0.3 is 10.1 Å². The second-order valence-electron chi connectivity index (χ2n) is 8.15. The number of carbonyl (C=O) groups excluding carboxylic acids is 1. The molecule has 2 heterocycles. The lowest BCUT2D eigenvalue weighted by molar-refractivity contribution is 0.0658. The van der Waals surface area contributed by atoms with E-state index in [1.165, 1.54) is 5.56 Å². The van der Waals surface area contributed by atoms with Crippen LogP contribution in [0.1, 0.15) is 31.2 Å². The highest BCUT2D eigenvalue weighted by Gasteiger charge is 2.50. The van der Waals surface area contributed by atoms with Crippen molar-refractivity contribution in [3.63, 3.8) is 0 Å². The van der Waals surface area contributed by atoms with Gasteiger partial charge in [-0.05, 0) is 51.4 Å². The Bertz CT molecular complexity index is 827. The van der Waals surface area contributed by atoms with Crippen molar-refractivity contribution in [2.75, 3.05) is 32.6 Å². The minimum atomic E-state index is -0.175. The normalized spacial score (nSPS) is 27.3. The van der Waals surface area contributed by atoms with Crippen molar-refractivity contribution < 1.29 is 9.53 Å². The third-order valence-electron chi connectivity index (χ3n) is 6.52. The van der Waals surface area contributed by atoms with Crippen molar-refractivity contribution in [1.82, 2.24) is 15.2 Å². The van der Waals surface area contributed by atoms with E-state index in [0.717, 1.165) is 31.4 Å². The van der Waals surface area contributed by atoms with E-state index < -0.39 is 0 Å². The number of benzene rings is 1. The number of pyridine rings is 1. The molecule has 0 unspecified atom stereocenters. The predicted octanol–water partition coefficient (Wildman–Crippen LogP) is 3.39. The molecule has 0 radical (unpaired) electrons. The van der Waals surface area contributed by atoms with E-state index in [9.17, 15) is 4.79 Å². The van der Waals surface area contributed by atoms with Gasteiger partial charge in [0.05, 0.1) is 31.1 Å². The summed E-state index contributed by atoms with van der Waals surface area (Å²) in [6.07, 6.45) is 5.63. The topological polar surface area (TPSA) is 57.7 Å². The van der Waals surface area contributed by atoms with E-state index in [4.69, 9.17) is 4.74 Å². The number of hydrogen-bond acceptors (Lipinski definition) is 4. The summed E-state index contributed by atoms with van der Waals surface area (Å²) >= 11 is 0. The number of aromatic nitrogens is 1. The summed E-state index contributed by atoms with van der Waals surface area (Å²) in [6.45, 7) is 0.679. The zero-order valence-electron chi connectivity index (χ0n) is 16.8. The van der Waals surface area contributed by atoms with Crippen LogP contribution >= 0.6 is 0 Å². The summed E-state index contributed by atoms with van der Waals surface area (Å²) in [4.78, 5) is 21.1. The zero-order chi connectivity index (χ0) is 19.8. The van der Waals surface area contributed by atoms with E-state index in [1.807, 2.05) is 6.07 Å². The minimum absolute atomic E-state index is 0.0202. The summed E-state index contributed by atoms with van der Waals surface area (Å²) < 4.78 is 5.12. The lowest BCUT2D eigenvalue weighted by Gasteiger charge is -2.48. The molecule has 1 saturated carbocycles. The second kappa shape index (κ2) is 7.09. The summed E-state index contributed by atoms with van der Waals surface area (Å²) in [7, 11) is 5.91. The molecule has 1 aromatic carbocycles. The maximum absolute atomic E-state index is 12.7. The number of hydrogen-bond donors (Lipinski definition) is 1. The van der Waals surface area contributed by atoms with Crippen LogP contribution in [0, 0.1) is 0 Å². The number of anilines is 1. The Morgan fingerprint density at radius 3 is 2.36 bits per heavy atom. The Morgan fingerprint density at radius 2 is 1.79 bits per heavy atom. The van der Waals surface area contributed by atoms with Gasteiger partial charge in [-0.15, -0.1) is 0 Å². The highest BCUT2D eigenvalue weighted by atomic mass is 16.5. The van der Waals surface area contributed by atoms with E-state index in [0.29, 0.717) is 12.4 Å². The lowest BCUT2D eigenvalue weighted by atomic mass is 9.69. The smallest absolute Gasteiger partial charge is 0.322 e. The molecule has 6 heteroatoms. The van der Waals surface area contributed by atoms with Gasteiger partial charge in [-0.1, -0.05) is 30.3 Å². The summed E-state index contributed by atoms with van der Waals surface area (Å²) in [5.74, 6) is 0.550. The molecule has 1 aliphatic heterocycles. The van der Waals surface area contributed by atoms with Crippen LogP contribution in [0.25, 0.3) is 0 Å². The molecule has 2 amide bonds. The molecule has 1 saturated heterocycles. The van der Waals surface area contributed by atoms with Crippen molar-refractivity contribution in [1.29, 1.82) is 0 Å². The van der Waals surface area contributed by atoms with Gasteiger partial charge in [0.25, 0.3) is 0 Å². The van der Waals surface area contributed by atoms with Gasteiger partial charge >= 0.3 is 6.03 Å². The van der Waals surface area contributed by atoms with Crippen molar-refractivity contribution in [3.8, 4) is 5.88 Å². The molecule has 0 bridgehead atoms. The fraction of sp³-hybridized carbons (Fsp3) is 0.455. The fourth-order valence-corrected chi connectivity index (χ4v) is 4.74. The first-order chi connectivity index (χ1) is 13.5. The third kappa shape index (κ3) is 3.11. The van der Waals surface area contributed by atoms with Crippen LogP contribution in [0.5, 0.6) is 5.88 Å². The zero-order valence-corrected chi connectivity index (χ0v) is 16.8. The van der Waals surface area contributed by atoms with Gasteiger partial charge in [0.1, 0.15) is 0 Å². The maximum atomic E-state index is 12.7. The summed E-state index contributed by atoms with van der Waals surface area (Å²) in [5.41, 5.74) is 2.01. The molecule has 2 aromatic rings. The lowest BCUT2D eigenvalue weighted by Crippen LogP contribution is -2.54.